The molecule has 0 radical (unpaired) electrons. The first kappa shape index (κ1) is 19.8. The molecule has 3 fully saturated rings. The van der Waals surface area contributed by atoms with E-state index in [1.165, 1.54) is 18.2 Å². The first-order valence-electron chi connectivity index (χ1n) is 10.1. The van der Waals surface area contributed by atoms with Crippen LogP contribution in [0.4, 0.5) is 13.2 Å². The number of aromatic hydroxyl groups is 1. The average molecular weight is 431 g/mol. The van der Waals surface area contributed by atoms with E-state index >= 15 is 0 Å². The van der Waals surface area contributed by atoms with Crippen molar-refractivity contribution in [3.8, 4) is 17.0 Å². The monoisotopic (exact) mass is 431 g/mol. The molecule has 10 heteroatoms. The van der Waals surface area contributed by atoms with Gasteiger partial charge < -0.3 is 15.3 Å². The summed E-state index contributed by atoms with van der Waals surface area (Å²) < 4.78 is 40.7. The van der Waals surface area contributed by atoms with Crippen molar-refractivity contribution in [2.45, 2.75) is 25.1 Å². The lowest BCUT2D eigenvalue weighted by atomic mass is 9.84. The standard InChI is InChI=1S/C21H20F3N5O2/c22-21(23,24)18-17-14(20(31)26-16-10-29-7-5-12(16)6-8-29)9-15(25-19(17)28-27-18)11-1-3-13(30)4-2-11/h1-4,9,12,16,30H,5-8,10H2,(H,26,31)(H,25,27,28)/t16-/m0/s1. The number of nitrogens with zero attached hydrogens (tertiary/aromatic N) is 3. The number of nitrogens with one attached hydrogen (secondary N) is 2. The number of carbonyl (C=O) groups excluding carboxylic acids is 1. The van der Waals surface area contributed by atoms with Crippen molar-refractivity contribution in [1.29, 1.82) is 0 Å². The highest BCUT2D eigenvalue weighted by molar-refractivity contribution is 6.07. The predicted molar refractivity (Wildman–Crippen MR) is 106 cm³/mol. The summed E-state index contributed by atoms with van der Waals surface area (Å²) in [7, 11) is 0. The van der Waals surface area contributed by atoms with E-state index in [9.17, 15) is 23.1 Å². The van der Waals surface area contributed by atoms with E-state index in [4.69, 9.17) is 0 Å². The molecule has 0 unspecified atom stereocenters. The van der Waals surface area contributed by atoms with Gasteiger partial charge in [0.15, 0.2) is 11.3 Å². The molecule has 3 aliphatic rings. The highest BCUT2D eigenvalue weighted by Gasteiger charge is 2.39. The lowest BCUT2D eigenvalue weighted by Crippen LogP contribution is -2.57. The number of phenols is 1. The number of amides is 1. The third-order valence-corrected chi connectivity index (χ3v) is 6.18. The largest absolute Gasteiger partial charge is 0.508 e. The SMILES string of the molecule is O=C(N[C@H]1CN2CCC1CC2)c1cc(-c2ccc(O)cc2)nc2[nH]nc(C(F)(F)F)c12. The van der Waals surface area contributed by atoms with Crippen LogP contribution in [0, 0.1) is 5.92 Å². The number of fused-ring (bicyclic) bond motifs is 4. The minimum Gasteiger partial charge on any atom is -0.508 e. The smallest absolute Gasteiger partial charge is 0.435 e. The summed E-state index contributed by atoms with van der Waals surface area (Å²) in [6.45, 7) is 2.68. The molecule has 31 heavy (non-hydrogen) atoms. The van der Waals surface area contributed by atoms with Crippen LogP contribution in [0.1, 0.15) is 28.9 Å². The van der Waals surface area contributed by atoms with Gasteiger partial charge in [-0.15, -0.1) is 0 Å². The molecule has 5 heterocycles. The highest BCUT2D eigenvalue weighted by atomic mass is 19.4. The number of alkyl halides is 3. The van der Waals surface area contributed by atoms with Crippen LogP contribution in [0.3, 0.4) is 0 Å². The molecule has 7 nitrogen and oxygen atoms in total. The minimum atomic E-state index is -4.73. The van der Waals surface area contributed by atoms with Crippen LogP contribution in [0.5, 0.6) is 5.75 Å². The number of hydrogen-bond acceptors (Lipinski definition) is 5. The van der Waals surface area contributed by atoms with Crippen LogP contribution in [-0.4, -0.2) is 56.8 Å². The summed E-state index contributed by atoms with van der Waals surface area (Å²) in [5.41, 5.74) is -0.530. The topological polar surface area (TPSA) is 94.1 Å². The third-order valence-electron chi connectivity index (χ3n) is 6.18. The van der Waals surface area contributed by atoms with E-state index in [2.05, 4.69) is 25.4 Å². The zero-order valence-corrected chi connectivity index (χ0v) is 16.4. The van der Waals surface area contributed by atoms with Gasteiger partial charge in [0, 0.05) is 18.2 Å². The van der Waals surface area contributed by atoms with Gasteiger partial charge in [-0.05, 0) is 62.2 Å². The summed E-state index contributed by atoms with van der Waals surface area (Å²) >= 11 is 0. The molecule has 3 aliphatic heterocycles. The Morgan fingerprint density at radius 3 is 2.52 bits per heavy atom. The summed E-state index contributed by atoms with van der Waals surface area (Å²) in [4.78, 5) is 19.7. The minimum absolute atomic E-state index is 0.0473. The Morgan fingerprint density at radius 1 is 1.19 bits per heavy atom. The number of hydrogen-bond donors (Lipinski definition) is 3. The number of benzene rings is 1. The van der Waals surface area contributed by atoms with E-state index in [1.807, 2.05) is 0 Å². The van der Waals surface area contributed by atoms with Gasteiger partial charge in [0.2, 0.25) is 0 Å². The second-order valence-corrected chi connectivity index (χ2v) is 8.11. The number of aromatic nitrogens is 3. The predicted octanol–water partition coefficient (Wildman–Crippen LogP) is 3.17. The van der Waals surface area contributed by atoms with E-state index in [-0.39, 0.29) is 28.4 Å². The number of phenolic OH excluding ortho intramolecular Hbond substituents is 1. The molecule has 3 aromatic rings. The molecule has 0 saturated carbocycles. The van der Waals surface area contributed by atoms with Crippen LogP contribution in [0.15, 0.2) is 30.3 Å². The molecule has 1 atom stereocenters. The molecular formula is C21H20F3N5O2. The van der Waals surface area contributed by atoms with Crippen LogP contribution >= 0.6 is 0 Å². The van der Waals surface area contributed by atoms with Crippen LogP contribution in [0.2, 0.25) is 0 Å². The Balaban J connectivity index is 1.58. The average Bonchev–Trinajstić information content (AvgIpc) is 3.19. The number of halogens is 3. The number of aromatic amines is 1. The maximum Gasteiger partial charge on any atom is 0.435 e. The molecule has 6 rings (SSSR count). The Bertz CT molecular complexity index is 1130. The maximum atomic E-state index is 13.6. The van der Waals surface area contributed by atoms with Crippen molar-refractivity contribution in [3.63, 3.8) is 0 Å². The van der Waals surface area contributed by atoms with Gasteiger partial charge >= 0.3 is 6.18 Å². The molecule has 2 aromatic heterocycles. The molecule has 3 saturated heterocycles. The zero-order valence-electron chi connectivity index (χ0n) is 16.4. The molecular weight excluding hydrogens is 411 g/mol. The van der Waals surface area contributed by atoms with Crippen molar-refractivity contribution in [1.82, 2.24) is 25.4 Å². The van der Waals surface area contributed by atoms with Crippen LogP contribution in [-0.2, 0) is 6.18 Å². The van der Waals surface area contributed by atoms with Gasteiger partial charge in [0.1, 0.15) is 5.75 Å². The molecule has 0 aliphatic carbocycles. The van der Waals surface area contributed by atoms with Crippen molar-refractivity contribution in [2.75, 3.05) is 19.6 Å². The number of rotatable bonds is 3. The first-order chi connectivity index (χ1) is 14.8. The van der Waals surface area contributed by atoms with E-state index < -0.39 is 17.8 Å². The second kappa shape index (κ2) is 7.23. The fourth-order valence-electron chi connectivity index (χ4n) is 4.57. The molecule has 3 N–H and O–H groups in total. The summed E-state index contributed by atoms with van der Waals surface area (Å²) in [5, 5.41) is 17.9. The van der Waals surface area contributed by atoms with Crippen molar-refractivity contribution in [3.05, 3.63) is 41.6 Å². The first-order valence-corrected chi connectivity index (χ1v) is 10.1. The summed E-state index contributed by atoms with van der Waals surface area (Å²) in [5.74, 6) is -0.196. The normalized spacial score (nSPS) is 23.3. The van der Waals surface area contributed by atoms with E-state index in [0.29, 0.717) is 23.7 Å². The van der Waals surface area contributed by atoms with E-state index in [0.717, 1.165) is 25.9 Å². The van der Waals surface area contributed by atoms with E-state index in [1.54, 1.807) is 12.1 Å². The highest BCUT2D eigenvalue weighted by Crippen LogP contribution is 2.36. The lowest BCUT2D eigenvalue weighted by Gasteiger charge is -2.44. The lowest BCUT2D eigenvalue weighted by molar-refractivity contribution is -0.139. The maximum absolute atomic E-state index is 13.6. The fraction of sp³-hybridized carbons (Fsp3) is 0.381. The number of H-pyrrole nitrogens is 1. The van der Waals surface area contributed by atoms with Crippen molar-refractivity contribution < 1.29 is 23.1 Å². The Kier molecular flexibility index (Phi) is 4.62. The Morgan fingerprint density at radius 2 is 1.90 bits per heavy atom. The van der Waals surface area contributed by atoms with Gasteiger partial charge in [0.05, 0.1) is 16.6 Å². The van der Waals surface area contributed by atoms with Crippen LogP contribution in [0.25, 0.3) is 22.3 Å². The number of pyridine rings is 1. The molecule has 2 bridgehead atoms. The third kappa shape index (κ3) is 3.60. The van der Waals surface area contributed by atoms with Crippen molar-refractivity contribution in [2.24, 2.45) is 5.92 Å². The number of piperidine rings is 3. The molecule has 0 spiro atoms. The van der Waals surface area contributed by atoms with Gasteiger partial charge in [-0.3, -0.25) is 9.89 Å². The molecule has 1 amide bonds. The molecule has 1 aromatic carbocycles. The Hall–Kier alpha value is -3.14. The second-order valence-electron chi connectivity index (χ2n) is 8.11. The van der Waals surface area contributed by atoms with Gasteiger partial charge in [0.25, 0.3) is 5.91 Å². The van der Waals surface area contributed by atoms with Gasteiger partial charge in [-0.1, -0.05) is 0 Å². The quantitative estimate of drug-likeness (QED) is 0.592. The summed E-state index contributed by atoms with van der Waals surface area (Å²) in [6.07, 6.45) is -2.80. The van der Waals surface area contributed by atoms with Crippen molar-refractivity contribution >= 4 is 16.9 Å². The summed E-state index contributed by atoms with van der Waals surface area (Å²) in [6, 6.07) is 7.32. The van der Waals surface area contributed by atoms with Gasteiger partial charge in [-0.2, -0.15) is 18.3 Å². The van der Waals surface area contributed by atoms with Gasteiger partial charge in [-0.25, -0.2) is 4.98 Å². The zero-order chi connectivity index (χ0) is 21.8. The molecule has 162 valence electrons. The Labute approximate surface area is 175 Å². The van der Waals surface area contributed by atoms with Crippen LogP contribution < -0.4 is 5.32 Å². The fourth-order valence-corrected chi connectivity index (χ4v) is 4.57. The number of carbonyl (C=O) groups is 1.